The number of aromatic amines is 1. The van der Waals surface area contributed by atoms with Crippen molar-refractivity contribution in [2.75, 3.05) is 19.0 Å². The van der Waals surface area contributed by atoms with Crippen molar-refractivity contribution in [2.24, 2.45) is 0 Å². The molecule has 0 aliphatic carbocycles. The molecule has 0 saturated heterocycles. The van der Waals surface area contributed by atoms with Crippen LogP contribution in [0.5, 0.6) is 0 Å². The second-order valence-electron chi connectivity index (χ2n) is 7.25. The van der Waals surface area contributed by atoms with Gasteiger partial charge in [0, 0.05) is 14.1 Å². The van der Waals surface area contributed by atoms with E-state index >= 15 is 0 Å². The molecule has 0 unspecified atom stereocenters. The fourth-order valence-electron chi connectivity index (χ4n) is 3.59. The SMILES string of the molecule is CN(C)c1cccc2nc(CSc3ncnc4nc[nH]c34)n(-c3ccccc3Cl)c(=O)c12. The van der Waals surface area contributed by atoms with Crippen molar-refractivity contribution < 1.29 is 0 Å². The van der Waals surface area contributed by atoms with Crippen LogP contribution in [0, 0.1) is 0 Å². The van der Waals surface area contributed by atoms with Crippen LogP contribution in [0.4, 0.5) is 5.69 Å². The first-order valence-electron chi connectivity index (χ1n) is 9.78. The number of anilines is 1. The van der Waals surface area contributed by atoms with Gasteiger partial charge in [-0.25, -0.2) is 19.9 Å². The van der Waals surface area contributed by atoms with Crippen LogP contribution in [0.3, 0.4) is 0 Å². The highest BCUT2D eigenvalue weighted by Gasteiger charge is 2.19. The number of para-hydroxylation sites is 1. The van der Waals surface area contributed by atoms with Gasteiger partial charge in [-0.3, -0.25) is 9.36 Å². The molecule has 0 atom stereocenters. The van der Waals surface area contributed by atoms with E-state index in [1.54, 1.807) is 17.0 Å². The van der Waals surface area contributed by atoms with Crippen LogP contribution in [-0.4, -0.2) is 43.6 Å². The lowest BCUT2D eigenvalue weighted by molar-refractivity contribution is 0.882. The molecule has 5 aromatic rings. The number of hydrogen-bond acceptors (Lipinski definition) is 7. The first-order chi connectivity index (χ1) is 15.5. The van der Waals surface area contributed by atoms with Gasteiger partial charge < -0.3 is 9.88 Å². The average molecular weight is 464 g/mol. The Morgan fingerprint density at radius 1 is 1.09 bits per heavy atom. The third-order valence-corrected chi connectivity index (χ3v) is 6.35. The molecule has 0 fully saturated rings. The molecule has 5 rings (SSSR count). The summed E-state index contributed by atoms with van der Waals surface area (Å²) < 4.78 is 1.59. The molecule has 0 bridgehead atoms. The molecular weight excluding hydrogens is 446 g/mol. The highest BCUT2D eigenvalue weighted by molar-refractivity contribution is 7.98. The minimum absolute atomic E-state index is 0.169. The Hall–Kier alpha value is -3.43. The molecule has 10 heteroatoms. The number of imidazole rings is 1. The predicted octanol–water partition coefficient (Wildman–Crippen LogP) is 4.06. The van der Waals surface area contributed by atoms with E-state index in [2.05, 4.69) is 19.9 Å². The second-order valence-corrected chi connectivity index (χ2v) is 8.63. The lowest BCUT2D eigenvalue weighted by Crippen LogP contribution is -2.25. The van der Waals surface area contributed by atoms with Crippen LogP contribution >= 0.6 is 23.4 Å². The molecule has 3 heterocycles. The molecule has 32 heavy (non-hydrogen) atoms. The van der Waals surface area contributed by atoms with E-state index in [9.17, 15) is 4.79 Å². The number of aromatic nitrogens is 6. The Balaban J connectivity index is 1.71. The number of nitrogens with zero attached hydrogens (tertiary/aromatic N) is 6. The van der Waals surface area contributed by atoms with Crippen LogP contribution in [0.15, 0.2) is 64.9 Å². The molecule has 8 nitrogen and oxygen atoms in total. The van der Waals surface area contributed by atoms with Crippen LogP contribution in [-0.2, 0) is 5.75 Å². The Labute approximate surface area is 192 Å². The van der Waals surface area contributed by atoms with Crippen molar-refractivity contribution in [2.45, 2.75) is 10.8 Å². The summed E-state index contributed by atoms with van der Waals surface area (Å²) in [5, 5.41) is 1.75. The van der Waals surface area contributed by atoms with Gasteiger partial charge in [-0.2, -0.15) is 0 Å². The number of nitrogens with one attached hydrogen (secondary N) is 1. The number of rotatable bonds is 5. The van der Waals surface area contributed by atoms with E-state index in [4.69, 9.17) is 16.6 Å². The number of thioether (sulfide) groups is 1. The molecule has 0 saturated carbocycles. The molecule has 0 radical (unpaired) electrons. The average Bonchev–Trinajstić information content (AvgIpc) is 3.27. The zero-order valence-corrected chi connectivity index (χ0v) is 18.9. The molecule has 0 aliphatic rings. The molecule has 2 aromatic carbocycles. The number of fused-ring (bicyclic) bond motifs is 2. The zero-order chi connectivity index (χ0) is 22.2. The highest BCUT2D eigenvalue weighted by Crippen LogP contribution is 2.29. The van der Waals surface area contributed by atoms with Crippen molar-refractivity contribution in [3.63, 3.8) is 0 Å². The van der Waals surface area contributed by atoms with E-state index in [-0.39, 0.29) is 5.56 Å². The summed E-state index contributed by atoms with van der Waals surface area (Å²) in [5.74, 6) is 0.969. The Morgan fingerprint density at radius 3 is 2.75 bits per heavy atom. The summed E-state index contributed by atoms with van der Waals surface area (Å²) in [7, 11) is 3.81. The van der Waals surface area contributed by atoms with E-state index in [0.29, 0.717) is 38.8 Å². The van der Waals surface area contributed by atoms with Crippen molar-refractivity contribution >= 4 is 51.1 Å². The fourth-order valence-corrected chi connectivity index (χ4v) is 4.69. The van der Waals surface area contributed by atoms with E-state index in [1.165, 1.54) is 18.1 Å². The summed E-state index contributed by atoms with van der Waals surface area (Å²) in [6, 6.07) is 12.9. The first-order valence-corrected chi connectivity index (χ1v) is 11.1. The Bertz CT molecular complexity index is 1510. The smallest absolute Gasteiger partial charge is 0.268 e. The summed E-state index contributed by atoms with van der Waals surface area (Å²) in [5.41, 5.74) is 3.20. The van der Waals surface area contributed by atoms with Gasteiger partial charge in [0.1, 0.15) is 22.7 Å². The third-order valence-electron chi connectivity index (χ3n) is 5.05. The van der Waals surface area contributed by atoms with Crippen molar-refractivity contribution in [3.8, 4) is 5.69 Å². The maximum atomic E-state index is 13.8. The number of benzene rings is 2. The monoisotopic (exact) mass is 463 g/mol. The minimum atomic E-state index is -0.169. The molecular formula is C22H18ClN7OS. The van der Waals surface area contributed by atoms with Gasteiger partial charge in [-0.15, -0.1) is 0 Å². The normalized spacial score (nSPS) is 11.3. The van der Waals surface area contributed by atoms with Gasteiger partial charge in [0.25, 0.3) is 5.56 Å². The Morgan fingerprint density at radius 2 is 1.94 bits per heavy atom. The number of halogens is 1. The summed E-state index contributed by atoms with van der Waals surface area (Å²) >= 11 is 7.95. The highest BCUT2D eigenvalue weighted by atomic mass is 35.5. The third kappa shape index (κ3) is 3.49. The lowest BCUT2D eigenvalue weighted by Gasteiger charge is -2.18. The standard InChI is InChI=1S/C22H18ClN7OS/c1-29(2)16-9-5-7-14-18(16)22(31)30(15-8-4-3-6-13(15)23)17(28-14)10-32-21-19-20(25-11-24-19)26-12-27-21/h3-9,11-12H,10H2,1-2H3,(H,24,25,26,27). The number of H-pyrrole nitrogens is 1. The summed E-state index contributed by atoms with van der Waals surface area (Å²) in [4.78, 5) is 36.3. The van der Waals surface area contributed by atoms with Gasteiger partial charge in [-0.05, 0) is 24.3 Å². The summed E-state index contributed by atoms with van der Waals surface area (Å²) in [6.45, 7) is 0. The Kier molecular flexibility index (Phi) is 5.28. The molecule has 160 valence electrons. The maximum Gasteiger partial charge on any atom is 0.268 e. The van der Waals surface area contributed by atoms with Crippen molar-refractivity contribution in [1.29, 1.82) is 0 Å². The van der Waals surface area contributed by atoms with E-state index in [1.807, 2.05) is 55.4 Å². The molecule has 3 aromatic heterocycles. The lowest BCUT2D eigenvalue weighted by atomic mass is 10.2. The maximum absolute atomic E-state index is 13.8. The van der Waals surface area contributed by atoms with Gasteiger partial charge >= 0.3 is 0 Å². The van der Waals surface area contributed by atoms with Crippen LogP contribution in [0.1, 0.15) is 5.82 Å². The van der Waals surface area contributed by atoms with E-state index < -0.39 is 0 Å². The minimum Gasteiger partial charge on any atom is -0.377 e. The van der Waals surface area contributed by atoms with Gasteiger partial charge in [0.05, 0.1) is 39.4 Å². The quantitative estimate of drug-likeness (QED) is 0.310. The summed E-state index contributed by atoms with van der Waals surface area (Å²) in [6.07, 6.45) is 3.06. The van der Waals surface area contributed by atoms with Gasteiger partial charge in [0.2, 0.25) is 0 Å². The number of hydrogen-bond donors (Lipinski definition) is 1. The molecule has 1 N–H and O–H groups in total. The largest absolute Gasteiger partial charge is 0.377 e. The fraction of sp³-hybridized carbons (Fsp3) is 0.136. The second kappa shape index (κ2) is 8.25. The van der Waals surface area contributed by atoms with Crippen LogP contribution in [0.25, 0.3) is 27.8 Å². The molecule has 0 spiro atoms. The van der Waals surface area contributed by atoms with Gasteiger partial charge in [-0.1, -0.05) is 41.6 Å². The van der Waals surface area contributed by atoms with Crippen LogP contribution < -0.4 is 10.5 Å². The predicted molar refractivity (Wildman–Crippen MR) is 128 cm³/mol. The topological polar surface area (TPSA) is 92.6 Å². The first kappa shape index (κ1) is 20.5. The van der Waals surface area contributed by atoms with Crippen LogP contribution in [0.2, 0.25) is 5.02 Å². The molecule has 0 aliphatic heterocycles. The zero-order valence-electron chi connectivity index (χ0n) is 17.3. The molecule has 0 amide bonds. The van der Waals surface area contributed by atoms with Gasteiger partial charge in [0.15, 0.2) is 5.65 Å². The van der Waals surface area contributed by atoms with E-state index in [0.717, 1.165) is 16.2 Å². The van der Waals surface area contributed by atoms with Crippen molar-refractivity contribution in [1.82, 2.24) is 29.5 Å². The van der Waals surface area contributed by atoms with Crippen molar-refractivity contribution in [3.05, 3.63) is 76.3 Å².